The Hall–Kier alpha value is -0.660. The van der Waals surface area contributed by atoms with E-state index in [1.807, 2.05) is 6.01 Å². The van der Waals surface area contributed by atoms with Crippen molar-refractivity contribution in [2.24, 2.45) is 4.99 Å². The highest BCUT2D eigenvalue weighted by Crippen LogP contribution is 2.01. The van der Waals surface area contributed by atoms with Crippen LogP contribution < -0.4 is 0 Å². The summed E-state index contributed by atoms with van der Waals surface area (Å²) in [7, 11) is 4.15. The van der Waals surface area contributed by atoms with Crippen LogP contribution in [0, 0.1) is 5.41 Å². The van der Waals surface area contributed by atoms with Gasteiger partial charge in [0.05, 0.1) is 6.01 Å². The van der Waals surface area contributed by atoms with Gasteiger partial charge in [-0.25, -0.2) is 10.4 Å². The molecule has 1 N–H and O–H groups in total. The van der Waals surface area contributed by atoms with E-state index in [0.29, 0.717) is 6.04 Å². The Morgan fingerprint density at radius 1 is 1.55 bits per heavy atom. The first kappa shape index (κ1) is 10.3. The predicted molar refractivity (Wildman–Crippen MR) is 47.4 cm³/mol. The van der Waals surface area contributed by atoms with Gasteiger partial charge in [0, 0.05) is 12.6 Å². The lowest BCUT2D eigenvalue weighted by Gasteiger charge is -2.18. The minimum Gasteiger partial charge on any atom is -0.307 e. The lowest BCUT2D eigenvalue weighted by Crippen LogP contribution is -2.24. The Labute approximate surface area is 68.6 Å². The number of nitrogens with one attached hydrogen (secondary N) is 1. The molecule has 1 atom stereocenters. The maximum Gasteiger partial charge on any atom is 0.0861 e. The Balaban J connectivity index is 3.31. The highest BCUT2D eigenvalue weighted by molar-refractivity contribution is 5.35. The fourth-order valence-corrected chi connectivity index (χ4v) is 0.780. The average Bonchev–Trinajstić information content (AvgIpc) is 1.97. The molecule has 11 heavy (non-hydrogen) atoms. The summed E-state index contributed by atoms with van der Waals surface area (Å²) in [4.78, 5) is 5.89. The van der Waals surface area contributed by atoms with Crippen LogP contribution in [0.4, 0.5) is 0 Å². The molecular weight excluding hydrogens is 138 g/mol. The van der Waals surface area contributed by atoms with Gasteiger partial charge in [-0.15, -0.1) is 0 Å². The van der Waals surface area contributed by atoms with Crippen molar-refractivity contribution in [2.45, 2.75) is 25.8 Å². The SMILES string of the molecule is CC(CCCN=C=N)N(C)C. The lowest BCUT2D eigenvalue weighted by molar-refractivity contribution is 0.295. The fourth-order valence-electron chi connectivity index (χ4n) is 0.780. The van der Waals surface area contributed by atoms with Crippen molar-refractivity contribution in [3.05, 3.63) is 0 Å². The van der Waals surface area contributed by atoms with Crippen molar-refractivity contribution in [3.8, 4) is 0 Å². The van der Waals surface area contributed by atoms with Crippen LogP contribution in [0.1, 0.15) is 19.8 Å². The fraction of sp³-hybridized carbons (Fsp3) is 0.875. The first-order valence-corrected chi connectivity index (χ1v) is 3.93. The third-order valence-corrected chi connectivity index (χ3v) is 1.85. The lowest BCUT2D eigenvalue weighted by atomic mass is 10.2. The third kappa shape index (κ3) is 5.77. The van der Waals surface area contributed by atoms with E-state index in [1.54, 1.807) is 0 Å². The molecule has 0 amide bonds. The molecule has 0 fully saturated rings. The van der Waals surface area contributed by atoms with Crippen LogP contribution >= 0.6 is 0 Å². The highest BCUT2D eigenvalue weighted by Gasteiger charge is 2.02. The summed E-state index contributed by atoms with van der Waals surface area (Å²) >= 11 is 0. The second-order valence-corrected chi connectivity index (χ2v) is 2.95. The highest BCUT2D eigenvalue weighted by atomic mass is 15.1. The minimum atomic E-state index is 0.607. The summed E-state index contributed by atoms with van der Waals surface area (Å²) in [5.74, 6) is 0. The van der Waals surface area contributed by atoms with E-state index in [9.17, 15) is 0 Å². The second-order valence-electron chi connectivity index (χ2n) is 2.95. The molecule has 3 heteroatoms. The van der Waals surface area contributed by atoms with E-state index in [2.05, 4.69) is 30.9 Å². The molecule has 1 unspecified atom stereocenters. The molecule has 0 aliphatic heterocycles. The molecule has 0 rings (SSSR count). The molecule has 0 saturated carbocycles. The van der Waals surface area contributed by atoms with E-state index in [1.165, 1.54) is 0 Å². The van der Waals surface area contributed by atoms with Crippen LogP contribution in [-0.4, -0.2) is 37.6 Å². The molecular formula is C8H17N3. The summed E-state index contributed by atoms with van der Waals surface area (Å²) in [5.41, 5.74) is 0. The summed E-state index contributed by atoms with van der Waals surface area (Å²) < 4.78 is 0. The Morgan fingerprint density at radius 3 is 2.64 bits per heavy atom. The Morgan fingerprint density at radius 2 is 2.18 bits per heavy atom. The standard InChI is InChI=1S/C8H17N3/c1-8(11(2)3)5-4-6-10-7-9/h8-9H,4-6H2,1-3H3. The van der Waals surface area contributed by atoms with Crippen LogP contribution in [0.5, 0.6) is 0 Å². The Bertz CT molecular complexity index is 136. The smallest absolute Gasteiger partial charge is 0.0861 e. The van der Waals surface area contributed by atoms with Gasteiger partial charge in [-0.1, -0.05) is 0 Å². The molecule has 0 aromatic carbocycles. The second kappa shape index (κ2) is 6.08. The molecule has 3 nitrogen and oxygen atoms in total. The van der Waals surface area contributed by atoms with Crippen molar-refractivity contribution in [1.82, 2.24) is 4.90 Å². The van der Waals surface area contributed by atoms with Gasteiger partial charge in [0.15, 0.2) is 0 Å². The minimum absolute atomic E-state index is 0.607. The van der Waals surface area contributed by atoms with Crippen LogP contribution in [0.15, 0.2) is 4.99 Å². The maximum atomic E-state index is 6.55. The molecule has 0 heterocycles. The maximum absolute atomic E-state index is 6.55. The van der Waals surface area contributed by atoms with Gasteiger partial charge >= 0.3 is 0 Å². The third-order valence-electron chi connectivity index (χ3n) is 1.85. The Kier molecular flexibility index (Phi) is 5.71. The molecule has 0 aliphatic rings. The van der Waals surface area contributed by atoms with Gasteiger partial charge < -0.3 is 4.90 Å². The van der Waals surface area contributed by atoms with Gasteiger partial charge in [-0.05, 0) is 33.9 Å². The van der Waals surface area contributed by atoms with Gasteiger partial charge in [-0.2, -0.15) is 0 Å². The molecule has 0 radical (unpaired) electrons. The van der Waals surface area contributed by atoms with Crippen molar-refractivity contribution in [3.63, 3.8) is 0 Å². The zero-order valence-electron chi connectivity index (χ0n) is 7.59. The first-order valence-electron chi connectivity index (χ1n) is 3.93. The molecule has 64 valence electrons. The van der Waals surface area contributed by atoms with Crippen LogP contribution in [0.3, 0.4) is 0 Å². The van der Waals surface area contributed by atoms with Gasteiger partial charge in [0.2, 0.25) is 0 Å². The van der Waals surface area contributed by atoms with Crippen LogP contribution in [0.2, 0.25) is 0 Å². The average molecular weight is 155 g/mol. The summed E-state index contributed by atoms with van der Waals surface area (Å²) in [6.45, 7) is 2.93. The van der Waals surface area contributed by atoms with E-state index < -0.39 is 0 Å². The molecule has 0 saturated heterocycles. The van der Waals surface area contributed by atoms with E-state index >= 15 is 0 Å². The number of nitrogens with zero attached hydrogens (tertiary/aromatic N) is 2. The van der Waals surface area contributed by atoms with E-state index in [-0.39, 0.29) is 0 Å². The van der Waals surface area contributed by atoms with Crippen LogP contribution in [-0.2, 0) is 0 Å². The van der Waals surface area contributed by atoms with Crippen LogP contribution in [0.25, 0.3) is 0 Å². The molecule has 0 spiro atoms. The van der Waals surface area contributed by atoms with Gasteiger partial charge in [-0.3, -0.25) is 0 Å². The molecule has 0 aromatic rings. The van der Waals surface area contributed by atoms with Crippen molar-refractivity contribution >= 4 is 6.01 Å². The number of hydrogen-bond donors (Lipinski definition) is 1. The predicted octanol–water partition coefficient (Wildman–Crippen LogP) is 1.47. The summed E-state index contributed by atoms with van der Waals surface area (Å²) in [6, 6.07) is 2.64. The monoisotopic (exact) mass is 155 g/mol. The van der Waals surface area contributed by atoms with Gasteiger partial charge in [0.25, 0.3) is 0 Å². The van der Waals surface area contributed by atoms with Crippen molar-refractivity contribution < 1.29 is 0 Å². The normalized spacial score (nSPS) is 12.7. The quantitative estimate of drug-likeness (QED) is 0.474. The molecule has 0 bridgehead atoms. The molecule has 0 aliphatic carbocycles. The molecule has 0 aromatic heterocycles. The number of hydrogen-bond acceptors (Lipinski definition) is 3. The van der Waals surface area contributed by atoms with Crippen molar-refractivity contribution in [2.75, 3.05) is 20.6 Å². The largest absolute Gasteiger partial charge is 0.307 e. The number of rotatable bonds is 5. The van der Waals surface area contributed by atoms with E-state index in [4.69, 9.17) is 5.41 Å². The van der Waals surface area contributed by atoms with E-state index in [0.717, 1.165) is 19.4 Å². The summed E-state index contributed by atoms with van der Waals surface area (Å²) in [5, 5.41) is 6.55. The first-order chi connectivity index (χ1) is 5.18. The van der Waals surface area contributed by atoms with Crippen molar-refractivity contribution in [1.29, 1.82) is 5.41 Å². The summed E-state index contributed by atoms with van der Waals surface area (Å²) in [6.07, 6.45) is 2.18. The zero-order valence-corrected chi connectivity index (χ0v) is 7.59. The van der Waals surface area contributed by atoms with Gasteiger partial charge in [0.1, 0.15) is 0 Å². The zero-order chi connectivity index (χ0) is 8.69. The topological polar surface area (TPSA) is 39.5 Å². The number of aliphatic imine (C=N–C) groups is 1.